The number of halogens is 1. The number of hydrogen-bond donors (Lipinski definition) is 2. The zero-order chi connectivity index (χ0) is 15.0. The van der Waals surface area contributed by atoms with Gasteiger partial charge in [0.05, 0.1) is 0 Å². The smallest absolute Gasteiger partial charge is 0.191 e. The lowest BCUT2D eigenvalue weighted by Crippen LogP contribution is -2.45. The summed E-state index contributed by atoms with van der Waals surface area (Å²) in [6.45, 7) is 13.8. The van der Waals surface area contributed by atoms with Crippen molar-refractivity contribution < 1.29 is 0 Å². The van der Waals surface area contributed by atoms with Crippen molar-refractivity contribution in [1.82, 2.24) is 15.5 Å². The molecule has 1 heterocycles. The molecule has 1 rings (SSSR count). The van der Waals surface area contributed by atoms with Crippen LogP contribution in [0, 0.1) is 11.8 Å². The molecule has 1 fully saturated rings. The standard InChI is InChI=1S/C16H34N4.HI/c1-13(2)15(4)19-16(17-5)18-9-6-10-20-11-7-14(3)8-12-20;/h13-15H,6-12H2,1-5H3,(H2,17,18,19);1H. The molecule has 1 aliphatic heterocycles. The third-order valence-corrected chi connectivity index (χ3v) is 4.41. The fourth-order valence-electron chi connectivity index (χ4n) is 2.37. The Balaban J connectivity index is 0.00000400. The summed E-state index contributed by atoms with van der Waals surface area (Å²) >= 11 is 0. The molecule has 0 spiro atoms. The van der Waals surface area contributed by atoms with Gasteiger partial charge in [-0.15, -0.1) is 24.0 Å². The van der Waals surface area contributed by atoms with Gasteiger partial charge in [0.1, 0.15) is 0 Å². The van der Waals surface area contributed by atoms with Crippen LogP contribution in [-0.2, 0) is 0 Å². The predicted molar refractivity (Wildman–Crippen MR) is 104 cm³/mol. The Labute approximate surface area is 148 Å². The van der Waals surface area contributed by atoms with Crippen LogP contribution in [0.1, 0.15) is 47.0 Å². The van der Waals surface area contributed by atoms with Crippen molar-refractivity contribution in [1.29, 1.82) is 0 Å². The van der Waals surface area contributed by atoms with Gasteiger partial charge in [0.2, 0.25) is 0 Å². The van der Waals surface area contributed by atoms with Gasteiger partial charge >= 0.3 is 0 Å². The number of nitrogens with zero attached hydrogens (tertiary/aromatic N) is 2. The van der Waals surface area contributed by atoms with Crippen LogP contribution < -0.4 is 10.6 Å². The molecule has 2 N–H and O–H groups in total. The number of piperidine rings is 1. The summed E-state index contributed by atoms with van der Waals surface area (Å²) in [5, 5.41) is 6.85. The van der Waals surface area contributed by atoms with Crippen molar-refractivity contribution in [2.45, 2.75) is 53.0 Å². The van der Waals surface area contributed by atoms with E-state index in [4.69, 9.17) is 0 Å². The Hall–Kier alpha value is -0.0400. The summed E-state index contributed by atoms with van der Waals surface area (Å²) in [5.74, 6) is 2.47. The van der Waals surface area contributed by atoms with E-state index in [0.717, 1.165) is 18.4 Å². The van der Waals surface area contributed by atoms with E-state index in [9.17, 15) is 0 Å². The highest BCUT2D eigenvalue weighted by atomic mass is 127. The van der Waals surface area contributed by atoms with Gasteiger partial charge in [-0.05, 0) is 57.7 Å². The average molecular weight is 410 g/mol. The van der Waals surface area contributed by atoms with Crippen molar-refractivity contribution in [2.75, 3.05) is 33.2 Å². The molecule has 1 atom stereocenters. The first kappa shape index (κ1) is 21.0. The van der Waals surface area contributed by atoms with Gasteiger partial charge in [-0.3, -0.25) is 4.99 Å². The summed E-state index contributed by atoms with van der Waals surface area (Å²) in [6, 6.07) is 0.449. The van der Waals surface area contributed by atoms with Crippen molar-refractivity contribution in [2.24, 2.45) is 16.8 Å². The van der Waals surface area contributed by atoms with Crippen LogP contribution in [0.4, 0.5) is 0 Å². The molecular weight excluding hydrogens is 375 g/mol. The minimum absolute atomic E-state index is 0. The third-order valence-electron chi connectivity index (χ3n) is 4.41. The van der Waals surface area contributed by atoms with Crippen LogP contribution in [-0.4, -0.2) is 50.1 Å². The van der Waals surface area contributed by atoms with E-state index in [1.165, 1.54) is 38.9 Å². The zero-order valence-corrected chi connectivity index (χ0v) is 16.8. The van der Waals surface area contributed by atoms with Crippen LogP contribution in [0.5, 0.6) is 0 Å². The first-order valence-electron chi connectivity index (χ1n) is 8.22. The van der Waals surface area contributed by atoms with Gasteiger partial charge < -0.3 is 15.5 Å². The fraction of sp³-hybridized carbons (Fsp3) is 0.938. The maximum absolute atomic E-state index is 4.29. The molecule has 1 unspecified atom stereocenters. The van der Waals surface area contributed by atoms with Crippen molar-refractivity contribution in [3.8, 4) is 0 Å². The minimum atomic E-state index is 0. The molecule has 0 aromatic rings. The summed E-state index contributed by atoms with van der Waals surface area (Å²) in [7, 11) is 1.84. The predicted octanol–water partition coefficient (Wildman–Crippen LogP) is 2.94. The van der Waals surface area contributed by atoms with E-state index in [-0.39, 0.29) is 24.0 Å². The van der Waals surface area contributed by atoms with Crippen molar-refractivity contribution in [3.05, 3.63) is 0 Å². The van der Waals surface area contributed by atoms with E-state index in [2.05, 4.69) is 48.2 Å². The number of likely N-dealkylation sites (tertiary alicyclic amines) is 1. The maximum Gasteiger partial charge on any atom is 0.191 e. The summed E-state index contributed by atoms with van der Waals surface area (Å²) in [6.07, 6.45) is 3.91. The molecule has 21 heavy (non-hydrogen) atoms. The summed E-state index contributed by atoms with van der Waals surface area (Å²) in [5.41, 5.74) is 0. The lowest BCUT2D eigenvalue weighted by atomic mass is 9.99. The second kappa shape index (κ2) is 11.5. The van der Waals surface area contributed by atoms with Crippen LogP contribution >= 0.6 is 24.0 Å². The van der Waals surface area contributed by atoms with Gasteiger partial charge in [-0.2, -0.15) is 0 Å². The minimum Gasteiger partial charge on any atom is -0.356 e. The maximum atomic E-state index is 4.29. The first-order chi connectivity index (χ1) is 9.52. The van der Waals surface area contributed by atoms with Crippen LogP contribution in [0.2, 0.25) is 0 Å². The van der Waals surface area contributed by atoms with Gasteiger partial charge in [0, 0.05) is 19.6 Å². The van der Waals surface area contributed by atoms with E-state index in [1.807, 2.05) is 7.05 Å². The van der Waals surface area contributed by atoms with Crippen molar-refractivity contribution in [3.63, 3.8) is 0 Å². The molecule has 0 radical (unpaired) electrons. The second-order valence-electron chi connectivity index (χ2n) is 6.55. The van der Waals surface area contributed by atoms with Gasteiger partial charge in [-0.25, -0.2) is 0 Å². The summed E-state index contributed by atoms with van der Waals surface area (Å²) < 4.78 is 0. The van der Waals surface area contributed by atoms with Gasteiger partial charge in [0.15, 0.2) is 5.96 Å². The second-order valence-corrected chi connectivity index (χ2v) is 6.55. The quantitative estimate of drug-likeness (QED) is 0.306. The zero-order valence-electron chi connectivity index (χ0n) is 14.5. The van der Waals surface area contributed by atoms with Crippen molar-refractivity contribution >= 4 is 29.9 Å². The van der Waals surface area contributed by atoms with E-state index in [1.54, 1.807) is 0 Å². The molecule has 126 valence electrons. The van der Waals surface area contributed by atoms with Crippen LogP contribution in [0.3, 0.4) is 0 Å². The highest BCUT2D eigenvalue weighted by Crippen LogP contribution is 2.15. The Morgan fingerprint density at radius 1 is 1.24 bits per heavy atom. The number of rotatable bonds is 6. The molecular formula is C16H35IN4. The van der Waals surface area contributed by atoms with E-state index >= 15 is 0 Å². The van der Waals surface area contributed by atoms with Gasteiger partial charge in [0.25, 0.3) is 0 Å². The lowest BCUT2D eigenvalue weighted by Gasteiger charge is -2.30. The number of hydrogen-bond acceptors (Lipinski definition) is 2. The van der Waals surface area contributed by atoms with E-state index < -0.39 is 0 Å². The molecule has 0 aromatic carbocycles. The normalized spacial score (nSPS) is 19.2. The van der Waals surface area contributed by atoms with E-state index in [0.29, 0.717) is 12.0 Å². The van der Waals surface area contributed by atoms with Gasteiger partial charge in [-0.1, -0.05) is 20.8 Å². The Kier molecular flexibility index (Phi) is 11.5. The molecule has 0 bridgehead atoms. The monoisotopic (exact) mass is 410 g/mol. The fourth-order valence-corrected chi connectivity index (χ4v) is 2.37. The highest BCUT2D eigenvalue weighted by molar-refractivity contribution is 14.0. The number of aliphatic imine (C=N–C) groups is 1. The largest absolute Gasteiger partial charge is 0.356 e. The SMILES string of the molecule is CN=C(NCCCN1CCC(C)CC1)NC(C)C(C)C.I. The Morgan fingerprint density at radius 3 is 2.38 bits per heavy atom. The average Bonchev–Trinajstić information content (AvgIpc) is 2.43. The van der Waals surface area contributed by atoms with Crippen LogP contribution in [0.25, 0.3) is 0 Å². The first-order valence-corrected chi connectivity index (χ1v) is 8.22. The summed E-state index contributed by atoms with van der Waals surface area (Å²) in [4.78, 5) is 6.88. The molecule has 0 amide bonds. The number of nitrogens with one attached hydrogen (secondary N) is 2. The molecule has 0 saturated carbocycles. The molecule has 0 aliphatic carbocycles. The highest BCUT2D eigenvalue weighted by Gasteiger charge is 2.14. The van der Waals surface area contributed by atoms with Crippen LogP contribution in [0.15, 0.2) is 4.99 Å². The topological polar surface area (TPSA) is 39.7 Å². The Morgan fingerprint density at radius 2 is 1.86 bits per heavy atom. The number of guanidine groups is 1. The Bertz CT molecular complexity index is 286. The lowest BCUT2D eigenvalue weighted by molar-refractivity contribution is 0.191. The molecule has 0 aromatic heterocycles. The molecule has 1 saturated heterocycles. The molecule has 1 aliphatic rings. The third kappa shape index (κ3) is 8.86. The molecule has 5 heteroatoms. The molecule has 4 nitrogen and oxygen atoms in total.